The number of hydrogen-bond donors (Lipinski definition) is 1. The number of allylic oxidation sites excluding steroid dienone is 1. The Hall–Kier alpha value is -2.51. The van der Waals surface area contributed by atoms with E-state index in [9.17, 15) is 23.1 Å². The van der Waals surface area contributed by atoms with Gasteiger partial charge in [0.2, 0.25) is 0 Å². The first-order valence-corrected chi connectivity index (χ1v) is 11.3. The lowest BCUT2D eigenvalue weighted by Gasteiger charge is -2.21. The number of amides is 1. The minimum absolute atomic E-state index is 0.00252. The summed E-state index contributed by atoms with van der Waals surface area (Å²) < 4.78 is 41.2. The molecule has 9 heteroatoms. The van der Waals surface area contributed by atoms with E-state index in [2.05, 4.69) is 0 Å². The number of carbonyl (C=O) groups excluding carboxylic acids is 1. The number of aliphatic hydroxyl groups is 1. The van der Waals surface area contributed by atoms with Gasteiger partial charge in [0.15, 0.2) is 6.23 Å². The molecule has 2 atom stereocenters. The van der Waals surface area contributed by atoms with Crippen LogP contribution in [0.3, 0.4) is 0 Å². The molecular formula is C25H17Cl3F3NO2. The maximum atomic E-state index is 13.7. The average Bonchev–Trinajstić information content (AvgIpc) is 3.03. The van der Waals surface area contributed by atoms with Crippen molar-refractivity contribution in [1.29, 1.82) is 0 Å². The smallest absolute Gasteiger partial charge is 0.369 e. The van der Waals surface area contributed by atoms with Gasteiger partial charge in [-0.1, -0.05) is 89.4 Å². The van der Waals surface area contributed by atoms with Crippen molar-refractivity contribution in [3.8, 4) is 0 Å². The first-order chi connectivity index (χ1) is 16.1. The number of benzene rings is 3. The normalized spacial score (nSPS) is 16.9. The molecular weight excluding hydrogens is 510 g/mol. The van der Waals surface area contributed by atoms with Gasteiger partial charge in [0.05, 0.1) is 21.0 Å². The number of carbonyl (C=O) groups is 1. The van der Waals surface area contributed by atoms with Crippen LogP contribution >= 0.6 is 34.8 Å². The van der Waals surface area contributed by atoms with E-state index >= 15 is 0 Å². The molecule has 0 spiro atoms. The second-order valence-corrected chi connectivity index (χ2v) is 9.00. The Bertz CT molecular complexity index is 1240. The van der Waals surface area contributed by atoms with Gasteiger partial charge in [0, 0.05) is 17.7 Å². The fraction of sp³-hybridized carbons (Fsp3) is 0.160. The molecule has 0 aliphatic carbocycles. The highest BCUT2D eigenvalue weighted by Crippen LogP contribution is 2.41. The first kappa shape index (κ1) is 24.6. The predicted octanol–water partition coefficient (Wildman–Crippen LogP) is 7.65. The number of aliphatic hydroxyl groups excluding tert-OH is 1. The standard InChI is InChI=1S/C25H17Cl3F3NO2/c26-20-11-16(12-21(27)22(20)28)19(25(29,30)31)10-9-14-5-7-15(8-6-14)13-32-23(33)17-3-1-2-4-18(17)24(32)34/h1-12,19,23,33H,13H2/b10-9+. The molecule has 1 aliphatic heterocycles. The Morgan fingerprint density at radius 3 is 2.21 bits per heavy atom. The van der Waals surface area contributed by atoms with E-state index in [1.165, 1.54) is 11.0 Å². The lowest BCUT2D eigenvalue weighted by Crippen LogP contribution is -2.27. The zero-order valence-electron chi connectivity index (χ0n) is 17.4. The van der Waals surface area contributed by atoms with Crippen molar-refractivity contribution in [2.45, 2.75) is 24.9 Å². The number of nitrogens with zero attached hydrogens (tertiary/aromatic N) is 1. The average molecular weight is 527 g/mol. The van der Waals surface area contributed by atoms with Crippen LogP contribution in [0.1, 0.15) is 44.8 Å². The fourth-order valence-corrected chi connectivity index (χ4v) is 4.42. The summed E-state index contributed by atoms with van der Waals surface area (Å²) in [5, 5.41) is 10.4. The van der Waals surface area contributed by atoms with Crippen molar-refractivity contribution in [2.24, 2.45) is 0 Å². The summed E-state index contributed by atoms with van der Waals surface area (Å²) in [6.45, 7) is 0.158. The molecule has 0 radical (unpaired) electrons. The zero-order chi connectivity index (χ0) is 24.6. The van der Waals surface area contributed by atoms with E-state index in [-0.39, 0.29) is 33.1 Å². The molecule has 3 nitrogen and oxygen atoms in total. The summed E-state index contributed by atoms with van der Waals surface area (Å²) in [6, 6.07) is 15.8. The number of alkyl halides is 3. The highest BCUT2D eigenvalue weighted by Gasteiger charge is 2.39. The molecule has 0 aromatic heterocycles. The maximum Gasteiger partial charge on any atom is 0.399 e. The fourth-order valence-electron chi connectivity index (χ4n) is 3.81. The van der Waals surface area contributed by atoms with Gasteiger partial charge in [-0.3, -0.25) is 4.79 Å². The lowest BCUT2D eigenvalue weighted by molar-refractivity contribution is -0.139. The molecule has 0 bridgehead atoms. The van der Waals surface area contributed by atoms with Crippen LogP contribution in [0.25, 0.3) is 6.08 Å². The van der Waals surface area contributed by atoms with Crippen molar-refractivity contribution < 1.29 is 23.1 Å². The highest BCUT2D eigenvalue weighted by molar-refractivity contribution is 6.48. The van der Waals surface area contributed by atoms with Crippen LogP contribution in [0, 0.1) is 0 Å². The Balaban J connectivity index is 1.51. The van der Waals surface area contributed by atoms with E-state index in [0.717, 1.165) is 23.8 Å². The van der Waals surface area contributed by atoms with Gasteiger partial charge in [-0.05, 0) is 34.9 Å². The summed E-state index contributed by atoms with van der Waals surface area (Å²) >= 11 is 17.7. The van der Waals surface area contributed by atoms with Crippen LogP contribution in [0.5, 0.6) is 0 Å². The Labute approximate surface area is 209 Å². The molecule has 4 rings (SSSR count). The molecule has 0 saturated heterocycles. The molecule has 1 heterocycles. The van der Waals surface area contributed by atoms with Crippen molar-refractivity contribution in [2.75, 3.05) is 0 Å². The van der Waals surface area contributed by atoms with Crippen molar-refractivity contribution >= 4 is 46.8 Å². The van der Waals surface area contributed by atoms with Crippen LogP contribution in [0.4, 0.5) is 13.2 Å². The second-order valence-electron chi connectivity index (χ2n) is 7.81. The third-order valence-electron chi connectivity index (χ3n) is 5.56. The Morgan fingerprint density at radius 2 is 1.62 bits per heavy atom. The molecule has 3 aromatic carbocycles. The van der Waals surface area contributed by atoms with E-state index in [0.29, 0.717) is 16.7 Å². The Morgan fingerprint density at radius 1 is 1.00 bits per heavy atom. The topological polar surface area (TPSA) is 40.5 Å². The van der Waals surface area contributed by atoms with Crippen molar-refractivity contribution in [3.05, 3.63) is 110 Å². The molecule has 0 saturated carbocycles. The summed E-state index contributed by atoms with van der Waals surface area (Å²) in [6.07, 6.45) is -3.24. The van der Waals surface area contributed by atoms with Crippen LogP contribution in [0.15, 0.2) is 66.7 Å². The summed E-state index contributed by atoms with van der Waals surface area (Å²) in [5.74, 6) is -2.21. The summed E-state index contributed by atoms with van der Waals surface area (Å²) in [7, 11) is 0. The first-order valence-electron chi connectivity index (χ1n) is 10.1. The molecule has 34 heavy (non-hydrogen) atoms. The SMILES string of the molecule is O=C1c2ccccc2C(O)N1Cc1ccc(/C=C/C(c2cc(Cl)c(Cl)c(Cl)c2)C(F)(F)F)cc1. The van der Waals surface area contributed by atoms with Gasteiger partial charge in [-0.15, -0.1) is 0 Å². The number of halogens is 6. The molecule has 1 aliphatic rings. The number of hydrogen-bond acceptors (Lipinski definition) is 2. The quantitative estimate of drug-likeness (QED) is 0.347. The lowest BCUT2D eigenvalue weighted by atomic mass is 9.97. The van der Waals surface area contributed by atoms with Crippen molar-refractivity contribution in [3.63, 3.8) is 0 Å². The van der Waals surface area contributed by atoms with E-state index in [4.69, 9.17) is 34.8 Å². The maximum absolute atomic E-state index is 13.7. The largest absolute Gasteiger partial charge is 0.399 e. The molecule has 176 valence electrons. The monoisotopic (exact) mass is 525 g/mol. The summed E-state index contributed by atoms with van der Waals surface area (Å²) in [4.78, 5) is 13.9. The van der Waals surface area contributed by atoms with Gasteiger partial charge in [-0.2, -0.15) is 13.2 Å². The minimum Gasteiger partial charge on any atom is -0.369 e. The number of fused-ring (bicyclic) bond motifs is 1. The second kappa shape index (κ2) is 9.62. The van der Waals surface area contributed by atoms with Crippen LogP contribution in [-0.4, -0.2) is 22.1 Å². The van der Waals surface area contributed by atoms with Gasteiger partial charge in [-0.25, -0.2) is 0 Å². The van der Waals surface area contributed by atoms with Gasteiger partial charge >= 0.3 is 6.18 Å². The van der Waals surface area contributed by atoms with Crippen molar-refractivity contribution in [1.82, 2.24) is 4.90 Å². The molecule has 0 fully saturated rings. The highest BCUT2D eigenvalue weighted by atomic mass is 35.5. The zero-order valence-corrected chi connectivity index (χ0v) is 19.6. The molecule has 2 unspecified atom stereocenters. The van der Waals surface area contributed by atoms with E-state index in [1.807, 2.05) is 0 Å². The predicted molar refractivity (Wildman–Crippen MR) is 127 cm³/mol. The van der Waals surface area contributed by atoms with Gasteiger partial charge < -0.3 is 10.0 Å². The molecule has 3 aromatic rings. The van der Waals surface area contributed by atoms with Gasteiger partial charge in [0.25, 0.3) is 5.91 Å². The van der Waals surface area contributed by atoms with Gasteiger partial charge in [0.1, 0.15) is 0 Å². The minimum atomic E-state index is -4.57. The molecule has 1 N–H and O–H groups in total. The van der Waals surface area contributed by atoms with Crippen LogP contribution in [-0.2, 0) is 6.54 Å². The molecule has 1 amide bonds. The van der Waals surface area contributed by atoms with E-state index in [1.54, 1.807) is 48.5 Å². The third kappa shape index (κ3) is 4.96. The Kier molecular flexibility index (Phi) is 6.97. The summed E-state index contributed by atoms with van der Waals surface area (Å²) in [5.41, 5.74) is 2.13. The van der Waals surface area contributed by atoms with Crippen LogP contribution < -0.4 is 0 Å². The number of rotatable bonds is 5. The van der Waals surface area contributed by atoms with Crippen LogP contribution in [0.2, 0.25) is 15.1 Å². The third-order valence-corrected chi connectivity index (χ3v) is 6.75. The van der Waals surface area contributed by atoms with E-state index < -0.39 is 18.3 Å².